The zero-order valence-electron chi connectivity index (χ0n) is 11.9. The van der Waals surface area contributed by atoms with Crippen molar-refractivity contribution in [1.29, 1.82) is 0 Å². The van der Waals surface area contributed by atoms with Crippen molar-refractivity contribution in [2.75, 3.05) is 12.4 Å². The molecular weight excluding hydrogens is 275 g/mol. The van der Waals surface area contributed by atoms with Gasteiger partial charge in [-0.2, -0.15) is 0 Å². The van der Waals surface area contributed by atoms with Crippen LogP contribution in [0.4, 0.5) is 5.69 Å². The summed E-state index contributed by atoms with van der Waals surface area (Å²) in [6, 6.07) is 25.4. The highest BCUT2D eigenvalue weighted by Crippen LogP contribution is 2.32. The molecule has 21 heavy (non-hydrogen) atoms. The van der Waals surface area contributed by atoms with E-state index in [0.717, 1.165) is 11.1 Å². The highest BCUT2D eigenvalue weighted by molar-refractivity contribution is 7.79. The summed E-state index contributed by atoms with van der Waals surface area (Å²) >= 11 is 0. The van der Waals surface area contributed by atoms with Gasteiger partial charge in [0, 0.05) is 26.9 Å². The van der Waals surface area contributed by atoms with Crippen LogP contribution in [0.1, 0.15) is 0 Å². The van der Waals surface area contributed by atoms with Gasteiger partial charge in [0.2, 0.25) is 0 Å². The smallest absolute Gasteiger partial charge is 0.0741 e. The third-order valence-corrected chi connectivity index (χ3v) is 5.62. The second-order valence-corrected chi connectivity index (χ2v) is 6.82. The van der Waals surface area contributed by atoms with Crippen LogP contribution in [0.2, 0.25) is 0 Å². The maximum absolute atomic E-state index is 4.63. The van der Waals surface area contributed by atoms with Crippen LogP contribution in [0, 0.1) is 0 Å². The van der Waals surface area contributed by atoms with Crippen LogP contribution in [0.15, 0.2) is 79.0 Å². The van der Waals surface area contributed by atoms with Gasteiger partial charge >= 0.3 is 0 Å². The molecule has 0 saturated carbocycles. The van der Waals surface area contributed by atoms with E-state index in [1.165, 1.54) is 10.6 Å². The van der Waals surface area contributed by atoms with Crippen molar-refractivity contribution >= 4 is 29.7 Å². The lowest BCUT2D eigenvalue weighted by Gasteiger charge is -2.18. The van der Waals surface area contributed by atoms with Gasteiger partial charge in [-0.15, -0.1) is 0 Å². The van der Waals surface area contributed by atoms with Crippen LogP contribution in [0.25, 0.3) is 0 Å². The summed E-state index contributed by atoms with van der Waals surface area (Å²) in [5.74, 6) is 0. The molecule has 0 bridgehead atoms. The number of anilines is 1. The molecule has 0 aliphatic carbocycles. The lowest BCUT2D eigenvalue weighted by molar-refractivity contribution is 1.37. The molecule has 104 valence electrons. The summed E-state index contributed by atoms with van der Waals surface area (Å²) in [7, 11) is 1.32. The minimum absolute atomic E-state index is 0.619. The van der Waals surface area contributed by atoms with Gasteiger partial charge in [0.1, 0.15) is 0 Å². The fourth-order valence-electron chi connectivity index (χ4n) is 2.26. The summed E-state index contributed by atoms with van der Waals surface area (Å²) in [6.07, 6.45) is 1.88. The number of rotatable bonds is 4. The molecule has 0 fully saturated rings. The van der Waals surface area contributed by atoms with Crippen molar-refractivity contribution in [1.82, 2.24) is 4.98 Å². The largest absolute Gasteiger partial charge is 0.388 e. The van der Waals surface area contributed by atoms with Crippen molar-refractivity contribution in [2.24, 2.45) is 0 Å². The Morgan fingerprint density at radius 2 is 1.38 bits per heavy atom. The van der Waals surface area contributed by atoms with Crippen molar-refractivity contribution in [3.63, 3.8) is 0 Å². The second kappa shape index (κ2) is 6.51. The number of aromatic nitrogens is 1. The molecule has 3 aromatic rings. The minimum atomic E-state index is -0.619. The Balaban J connectivity index is 2.12. The second-order valence-electron chi connectivity index (χ2n) is 4.66. The highest BCUT2D eigenvalue weighted by Gasteiger charge is 2.17. The predicted octanol–water partition coefficient (Wildman–Crippen LogP) is 2.88. The van der Waals surface area contributed by atoms with Crippen molar-refractivity contribution < 1.29 is 0 Å². The van der Waals surface area contributed by atoms with E-state index in [-0.39, 0.29) is 0 Å². The van der Waals surface area contributed by atoms with E-state index in [1.54, 1.807) is 0 Å². The standard InChI is InChI=1S/C18H17N2P/c1-19-15-12-13-20-18(14-15)21(16-8-4-2-5-9-16)17-10-6-3-7-11-17/h2-14H,1H3,(H,19,20). The van der Waals surface area contributed by atoms with Gasteiger partial charge < -0.3 is 5.32 Å². The lowest BCUT2D eigenvalue weighted by Crippen LogP contribution is -2.22. The molecule has 3 rings (SSSR count). The van der Waals surface area contributed by atoms with Crippen molar-refractivity contribution in [3.05, 3.63) is 79.0 Å². The maximum atomic E-state index is 4.63. The van der Waals surface area contributed by atoms with Gasteiger partial charge in [0.05, 0.1) is 5.44 Å². The van der Waals surface area contributed by atoms with Gasteiger partial charge in [-0.3, -0.25) is 4.98 Å². The number of hydrogen-bond acceptors (Lipinski definition) is 2. The normalized spacial score (nSPS) is 10.6. The Morgan fingerprint density at radius 3 is 1.90 bits per heavy atom. The number of pyridine rings is 1. The topological polar surface area (TPSA) is 24.9 Å². The summed E-state index contributed by atoms with van der Waals surface area (Å²) in [5.41, 5.74) is 2.22. The van der Waals surface area contributed by atoms with Crippen LogP contribution < -0.4 is 21.4 Å². The monoisotopic (exact) mass is 292 g/mol. The summed E-state index contributed by atoms with van der Waals surface area (Å²) in [6.45, 7) is 0. The maximum Gasteiger partial charge on any atom is 0.0741 e. The predicted molar refractivity (Wildman–Crippen MR) is 92.5 cm³/mol. The summed E-state index contributed by atoms with van der Waals surface area (Å²) in [4.78, 5) is 4.63. The first-order valence-electron chi connectivity index (χ1n) is 6.92. The van der Waals surface area contributed by atoms with Crippen LogP contribution in [0.5, 0.6) is 0 Å². The molecule has 0 radical (unpaired) electrons. The van der Waals surface area contributed by atoms with Gasteiger partial charge in [0.25, 0.3) is 0 Å². The first kappa shape index (κ1) is 13.8. The van der Waals surface area contributed by atoms with Crippen LogP contribution >= 0.6 is 7.92 Å². The molecule has 1 heterocycles. The van der Waals surface area contributed by atoms with E-state index >= 15 is 0 Å². The van der Waals surface area contributed by atoms with Crippen LogP contribution in [0.3, 0.4) is 0 Å². The zero-order valence-corrected chi connectivity index (χ0v) is 12.8. The Kier molecular flexibility index (Phi) is 4.28. The van der Waals surface area contributed by atoms with Gasteiger partial charge in [-0.05, 0) is 22.7 Å². The molecule has 0 amide bonds. The summed E-state index contributed by atoms with van der Waals surface area (Å²) in [5, 5.41) is 5.83. The molecule has 0 saturated heterocycles. The molecule has 0 aliphatic heterocycles. The van der Waals surface area contributed by atoms with E-state index in [1.807, 2.05) is 19.3 Å². The van der Waals surface area contributed by atoms with Gasteiger partial charge in [0.15, 0.2) is 0 Å². The molecule has 0 atom stereocenters. The number of nitrogens with zero attached hydrogens (tertiary/aromatic N) is 1. The lowest BCUT2D eigenvalue weighted by atomic mass is 10.4. The van der Waals surface area contributed by atoms with Gasteiger partial charge in [-0.25, -0.2) is 0 Å². The molecule has 1 aromatic heterocycles. The molecule has 2 nitrogen and oxygen atoms in total. The summed E-state index contributed by atoms with van der Waals surface area (Å²) < 4.78 is 0. The number of hydrogen-bond donors (Lipinski definition) is 1. The minimum Gasteiger partial charge on any atom is -0.388 e. The first-order chi connectivity index (χ1) is 10.4. The van der Waals surface area contributed by atoms with Crippen LogP contribution in [-0.4, -0.2) is 12.0 Å². The first-order valence-corrected chi connectivity index (χ1v) is 8.26. The molecule has 0 unspecified atom stereocenters. The van der Waals surface area contributed by atoms with E-state index in [0.29, 0.717) is 0 Å². The average Bonchev–Trinajstić information content (AvgIpc) is 2.57. The Bertz CT molecular complexity index is 659. The Morgan fingerprint density at radius 1 is 0.810 bits per heavy atom. The van der Waals surface area contributed by atoms with E-state index in [2.05, 4.69) is 77.0 Å². The third-order valence-electron chi connectivity index (χ3n) is 3.29. The van der Waals surface area contributed by atoms with Crippen molar-refractivity contribution in [3.8, 4) is 0 Å². The Hall–Kier alpha value is -2.18. The molecule has 1 N–H and O–H groups in total. The molecule has 3 heteroatoms. The van der Waals surface area contributed by atoms with Gasteiger partial charge in [-0.1, -0.05) is 60.7 Å². The average molecular weight is 292 g/mol. The Labute approximate surface area is 126 Å². The van der Waals surface area contributed by atoms with E-state index < -0.39 is 7.92 Å². The van der Waals surface area contributed by atoms with Crippen molar-refractivity contribution in [2.45, 2.75) is 0 Å². The SMILES string of the molecule is CNc1ccnc(P(c2ccccc2)c2ccccc2)c1. The molecular formula is C18H17N2P. The third kappa shape index (κ3) is 3.12. The van der Waals surface area contributed by atoms with E-state index in [4.69, 9.17) is 0 Å². The molecule has 2 aromatic carbocycles. The molecule has 0 spiro atoms. The van der Waals surface area contributed by atoms with E-state index in [9.17, 15) is 0 Å². The number of benzene rings is 2. The fraction of sp³-hybridized carbons (Fsp3) is 0.0556. The quantitative estimate of drug-likeness (QED) is 0.748. The zero-order chi connectivity index (χ0) is 14.5. The molecule has 0 aliphatic rings. The fourth-order valence-corrected chi connectivity index (χ4v) is 4.48. The highest BCUT2D eigenvalue weighted by atomic mass is 31.1. The number of nitrogens with one attached hydrogen (secondary N) is 1. The van der Waals surface area contributed by atoms with Crippen LogP contribution in [-0.2, 0) is 0 Å².